The van der Waals surface area contributed by atoms with Crippen LogP contribution in [0, 0.1) is 0 Å². The number of rotatable bonds is 1. The van der Waals surface area contributed by atoms with Crippen molar-refractivity contribution in [3.8, 4) is 22.6 Å². The molecule has 0 saturated heterocycles. The van der Waals surface area contributed by atoms with Crippen molar-refractivity contribution >= 4 is 11.0 Å². The summed E-state index contributed by atoms with van der Waals surface area (Å²) in [6.45, 7) is 4.00. The second kappa shape index (κ2) is 6.26. The van der Waals surface area contributed by atoms with Crippen molar-refractivity contribution < 1.29 is 27.8 Å². The summed E-state index contributed by atoms with van der Waals surface area (Å²) >= 11 is 0. The molecule has 0 atom stereocenters. The molecule has 0 unspecified atom stereocenters. The van der Waals surface area contributed by atoms with Crippen LogP contribution in [0.2, 0.25) is 0 Å². The van der Waals surface area contributed by atoms with Crippen LogP contribution < -0.4 is 5.43 Å². The summed E-state index contributed by atoms with van der Waals surface area (Å²) in [5.41, 5.74) is -2.55. The van der Waals surface area contributed by atoms with Gasteiger partial charge in [-0.15, -0.1) is 0 Å². The predicted octanol–water partition coefficient (Wildman–Crippen LogP) is 3.64. The molecular weight excluding hydrogens is 329 g/mol. The van der Waals surface area contributed by atoms with Gasteiger partial charge in [-0.1, -0.05) is 13.8 Å². The highest BCUT2D eigenvalue weighted by Gasteiger charge is 2.40. The van der Waals surface area contributed by atoms with Crippen LogP contribution in [-0.2, 0) is 6.18 Å². The first kappa shape index (κ1) is 17.4. The molecule has 128 valence electrons. The Labute approximate surface area is 133 Å². The Morgan fingerprint density at radius 1 is 1.21 bits per heavy atom. The smallest absolute Gasteiger partial charge is 0.450 e. The van der Waals surface area contributed by atoms with Gasteiger partial charge in [-0.05, 0) is 12.1 Å². The van der Waals surface area contributed by atoms with Gasteiger partial charge in [0.25, 0.3) is 0 Å². The predicted molar refractivity (Wildman–Crippen MR) is 79.7 cm³/mol. The molecule has 3 rings (SSSR count). The molecule has 1 aromatic carbocycles. The van der Waals surface area contributed by atoms with Crippen LogP contribution in [0.15, 0.2) is 33.7 Å². The molecule has 2 heterocycles. The molecule has 6 nitrogen and oxygen atoms in total. The van der Waals surface area contributed by atoms with Gasteiger partial charge in [0.05, 0.1) is 17.1 Å². The quantitative estimate of drug-likeness (QED) is 0.586. The van der Waals surface area contributed by atoms with Crippen LogP contribution in [0.4, 0.5) is 13.2 Å². The summed E-state index contributed by atoms with van der Waals surface area (Å²) in [5.74, 6) is -3.20. The average molecular weight is 342 g/mol. The van der Waals surface area contributed by atoms with Gasteiger partial charge in [-0.2, -0.15) is 18.3 Å². The highest BCUT2D eigenvalue weighted by atomic mass is 19.4. The number of benzene rings is 1. The highest BCUT2D eigenvalue weighted by molar-refractivity contribution is 5.88. The van der Waals surface area contributed by atoms with Crippen LogP contribution in [0.25, 0.3) is 22.1 Å². The van der Waals surface area contributed by atoms with Crippen molar-refractivity contribution in [1.29, 1.82) is 0 Å². The van der Waals surface area contributed by atoms with Crippen molar-refractivity contribution in [2.45, 2.75) is 20.0 Å². The monoisotopic (exact) mass is 342 g/mol. The number of hydrogen-bond donors (Lipinski definition) is 3. The van der Waals surface area contributed by atoms with E-state index >= 15 is 0 Å². The minimum absolute atomic E-state index is 0.101. The van der Waals surface area contributed by atoms with E-state index in [0.717, 1.165) is 24.5 Å². The fourth-order valence-electron chi connectivity index (χ4n) is 2.08. The number of nitrogens with zero attached hydrogens (tertiary/aromatic N) is 1. The second-order valence-corrected chi connectivity index (χ2v) is 4.43. The van der Waals surface area contributed by atoms with E-state index in [-0.39, 0.29) is 10.9 Å². The normalized spacial score (nSPS) is 11.2. The van der Waals surface area contributed by atoms with Crippen LogP contribution in [0.5, 0.6) is 11.5 Å². The molecule has 2 aromatic heterocycles. The fraction of sp³-hybridized carbons (Fsp3) is 0.200. The summed E-state index contributed by atoms with van der Waals surface area (Å²) < 4.78 is 44.2. The molecule has 3 aromatic rings. The van der Waals surface area contributed by atoms with Crippen molar-refractivity contribution in [3.63, 3.8) is 0 Å². The number of fused-ring (bicyclic) bond motifs is 1. The SMILES string of the molecule is CC.O=c1c(-c2cn[nH]c2)c(C(F)(F)F)oc2c(O)c(O)ccc12. The number of phenols is 2. The lowest BCUT2D eigenvalue weighted by Crippen LogP contribution is -2.15. The van der Waals surface area contributed by atoms with E-state index in [0.29, 0.717) is 0 Å². The van der Waals surface area contributed by atoms with Gasteiger partial charge in [-0.3, -0.25) is 9.89 Å². The molecule has 0 aliphatic carbocycles. The molecule has 3 N–H and O–H groups in total. The Hall–Kier alpha value is -2.97. The molecule has 0 fully saturated rings. The molecule has 0 radical (unpaired) electrons. The standard InChI is InChI=1S/C13H7F3N2O4.C2H6/c14-13(15,16)12-8(5-3-17-18-4-5)9(20)6-1-2-7(19)10(21)11(6)22-12;1-2/h1-4,19,21H,(H,17,18);1-2H3. The molecule has 24 heavy (non-hydrogen) atoms. The number of aromatic amines is 1. The Kier molecular flexibility index (Phi) is 4.54. The van der Waals surface area contributed by atoms with E-state index < -0.39 is 40.0 Å². The first-order valence-corrected chi connectivity index (χ1v) is 6.89. The number of aromatic nitrogens is 2. The minimum atomic E-state index is -4.97. The third-order valence-corrected chi connectivity index (χ3v) is 3.06. The van der Waals surface area contributed by atoms with E-state index in [1.54, 1.807) is 0 Å². The lowest BCUT2D eigenvalue weighted by molar-refractivity contribution is -0.152. The third-order valence-electron chi connectivity index (χ3n) is 3.06. The molecule has 0 aliphatic heterocycles. The van der Waals surface area contributed by atoms with Crippen LogP contribution in [-0.4, -0.2) is 20.4 Å². The number of aromatic hydroxyl groups is 2. The zero-order valence-corrected chi connectivity index (χ0v) is 12.6. The van der Waals surface area contributed by atoms with Gasteiger partial charge in [0.15, 0.2) is 11.3 Å². The maximum atomic E-state index is 13.2. The van der Waals surface area contributed by atoms with Crippen molar-refractivity contribution in [3.05, 3.63) is 40.5 Å². The Bertz CT molecular complexity index is 915. The Morgan fingerprint density at radius 2 is 1.88 bits per heavy atom. The first-order valence-electron chi connectivity index (χ1n) is 6.89. The van der Waals surface area contributed by atoms with Gasteiger partial charge in [0, 0.05) is 11.8 Å². The van der Waals surface area contributed by atoms with Crippen molar-refractivity contribution in [2.24, 2.45) is 0 Å². The summed E-state index contributed by atoms with van der Waals surface area (Å²) in [7, 11) is 0. The van der Waals surface area contributed by atoms with Crippen molar-refractivity contribution in [1.82, 2.24) is 10.2 Å². The third kappa shape index (κ3) is 2.80. The molecular formula is C15H13F3N2O4. The summed E-state index contributed by atoms with van der Waals surface area (Å²) in [6, 6.07) is 2.06. The van der Waals surface area contributed by atoms with E-state index in [4.69, 9.17) is 4.42 Å². The Morgan fingerprint density at radius 3 is 2.42 bits per heavy atom. The molecule has 0 saturated carbocycles. The zero-order chi connectivity index (χ0) is 18.1. The number of alkyl halides is 3. The first-order chi connectivity index (χ1) is 11.3. The summed E-state index contributed by atoms with van der Waals surface area (Å²) in [5, 5.41) is 24.5. The van der Waals surface area contributed by atoms with Crippen molar-refractivity contribution in [2.75, 3.05) is 0 Å². The fourth-order valence-corrected chi connectivity index (χ4v) is 2.08. The van der Waals surface area contributed by atoms with Crippen LogP contribution in [0.3, 0.4) is 0 Å². The topological polar surface area (TPSA) is 99.4 Å². The van der Waals surface area contributed by atoms with Gasteiger partial charge < -0.3 is 14.6 Å². The number of H-pyrrole nitrogens is 1. The van der Waals surface area contributed by atoms with Gasteiger partial charge in [0.1, 0.15) is 0 Å². The van der Waals surface area contributed by atoms with E-state index in [1.165, 1.54) is 0 Å². The average Bonchev–Trinajstić information content (AvgIpc) is 3.06. The number of nitrogens with one attached hydrogen (secondary N) is 1. The summed E-state index contributed by atoms with van der Waals surface area (Å²) in [6.07, 6.45) is -2.81. The number of halogens is 3. The van der Waals surface area contributed by atoms with Crippen LogP contribution >= 0.6 is 0 Å². The van der Waals surface area contributed by atoms with Gasteiger partial charge in [0.2, 0.25) is 16.9 Å². The maximum Gasteiger partial charge on any atom is 0.450 e. The zero-order valence-electron chi connectivity index (χ0n) is 12.6. The molecule has 0 aliphatic rings. The maximum absolute atomic E-state index is 13.2. The summed E-state index contributed by atoms with van der Waals surface area (Å²) in [4.78, 5) is 12.4. The number of hydrogen-bond acceptors (Lipinski definition) is 5. The van der Waals surface area contributed by atoms with E-state index in [9.17, 15) is 28.2 Å². The largest absolute Gasteiger partial charge is 0.504 e. The minimum Gasteiger partial charge on any atom is -0.504 e. The molecule has 0 bridgehead atoms. The molecule has 0 spiro atoms. The van der Waals surface area contributed by atoms with Crippen LogP contribution in [0.1, 0.15) is 19.6 Å². The molecule has 0 amide bonds. The number of phenolic OH excluding ortho intramolecular Hbond substituents is 2. The van der Waals surface area contributed by atoms with E-state index in [2.05, 4.69) is 10.2 Å². The van der Waals surface area contributed by atoms with Gasteiger partial charge in [-0.25, -0.2) is 0 Å². The lowest BCUT2D eigenvalue weighted by Gasteiger charge is -2.12. The van der Waals surface area contributed by atoms with E-state index in [1.807, 2.05) is 13.8 Å². The molecule has 9 heteroatoms. The highest BCUT2D eigenvalue weighted by Crippen LogP contribution is 2.40. The van der Waals surface area contributed by atoms with Gasteiger partial charge >= 0.3 is 6.18 Å². The lowest BCUT2D eigenvalue weighted by atomic mass is 10.0. The Balaban J connectivity index is 0.00000100. The second-order valence-electron chi connectivity index (χ2n) is 4.43.